The molecule has 1 N–H and O–H groups in total. The van der Waals surface area contributed by atoms with Gasteiger partial charge in [0.15, 0.2) is 0 Å². The van der Waals surface area contributed by atoms with Crippen molar-refractivity contribution >= 4 is 17.6 Å². The number of anilines is 1. The molecule has 0 radical (unpaired) electrons. The van der Waals surface area contributed by atoms with Gasteiger partial charge in [-0.15, -0.1) is 16.7 Å². The summed E-state index contributed by atoms with van der Waals surface area (Å²) in [6.45, 7) is 2.21. The van der Waals surface area contributed by atoms with Crippen molar-refractivity contribution in [1.82, 2.24) is 10.2 Å². The van der Waals surface area contributed by atoms with Crippen LogP contribution in [0.4, 0.5) is 6.01 Å². The second-order valence-electron chi connectivity index (χ2n) is 5.00. The van der Waals surface area contributed by atoms with E-state index in [0.29, 0.717) is 30.2 Å². The summed E-state index contributed by atoms with van der Waals surface area (Å²) in [4.78, 5) is 0. The molecule has 0 spiro atoms. The van der Waals surface area contributed by atoms with Gasteiger partial charge >= 0.3 is 6.01 Å². The van der Waals surface area contributed by atoms with E-state index in [1.54, 1.807) is 0 Å². The van der Waals surface area contributed by atoms with Crippen LogP contribution in [0.3, 0.4) is 0 Å². The van der Waals surface area contributed by atoms with Crippen LogP contribution in [0.15, 0.2) is 4.42 Å². The number of alkyl halides is 1. The van der Waals surface area contributed by atoms with Crippen LogP contribution in [0.2, 0.25) is 0 Å². The van der Waals surface area contributed by atoms with Crippen molar-refractivity contribution in [2.24, 2.45) is 5.92 Å². The van der Waals surface area contributed by atoms with Crippen molar-refractivity contribution < 1.29 is 4.42 Å². The molecule has 1 heterocycles. The molecular weight excluding hydrogens is 250 g/mol. The summed E-state index contributed by atoms with van der Waals surface area (Å²) in [7, 11) is 0. The Kier molecular flexibility index (Phi) is 5.29. The third-order valence-electron chi connectivity index (χ3n) is 3.74. The van der Waals surface area contributed by atoms with Crippen LogP contribution in [0.5, 0.6) is 0 Å². The first-order chi connectivity index (χ1) is 8.83. The Hall–Kier alpha value is -0.770. The van der Waals surface area contributed by atoms with Crippen molar-refractivity contribution in [2.45, 2.75) is 57.9 Å². The zero-order valence-corrected chi connectivity index (χ0v) is 11.7. The molecule has 1 unspecified atom stereocenters. The number of hydrogen-bond acceptors (Lipinski definition) is 4. The lowest BCUT2D eigenvalue weighted by Crippen LogP contribution is -2.30. The van der Waals surface area contributed by atoms with E-state index < -0.39 is 0 Å². The minimum atomic E-state index is 0.453. The first-order valence-electron chi connectivity index (χ1n) is 6.98. The maximum absolute atomic E-state index is 5.65. The normalized spacial score (nSPS) is 18.8. The highest BCUT2D eigenvalue weighted by Gasteiger charge is 2.23. The van der Waals surface area contributed by atoms with E-state index in [0.717, 1.165) is 12.3 Å². The second-order valence-corrected chi connectivity index (χ2v) is 5.38. The number of nitrogens with zero attached hydrogens (tertiary/aromatic N) is 2. The molecule has 0 aliphatic heterocycles. The molecule has 0 bridgehead atoms. The van der Waals surface area contributed by atoms with Gasteiger partial charge in [0.25, 0.3) is 0 Å². The van der Waals surface area contributed by atoms with E-state index in [-0.39, 0.29) is 0 Å². The lowest BCUT2D eigenvalue weighted by atomic mass is 9.83. The Morgan fingerprint density at radius 3 is 2.78 bits per heavy atom. The predicted molar refractivity (Wildman–Crippen MR) is 73.0 cm³/mol. The van der Waals surface area contributed by atoms with Gasteiger partial charge in [-0.05, 0) is 25.2 Å². The van der Waals surface area contributed by atoms with Gasteiger partial charge in [0.1, 0.15) is 0 Å². The predicted octanol–water partition coefficient (Wildman–Crippen LogP) is 3.62. The lowest BCUT2D eigenvalue weighted by Gasteiger charge is -2.29. The lowest BCUT2D eigenvalue weighted by molar-refractivity contribution is 0.308. The summed E-state index contributed by atoms with van der Waals surface area (Å²) in [5, 5.41) is 11.4. The van der Waals surface area contributed by atoms with Crippen molar-refractivity contribution in [3.8, 4) is 0 Å². The summed E-state index contributed by atoms with van der Waals surface area (Å²) >= 11 is 5.65. The average Bonchev–Trinajstić information content (AvgIpc) is 2.85. The standard InChI is InChI=1S/C13H22ClN3O/c1-2-11(10-6-4-3-5-7-10)15-13-17-16-12(18-13)8-9-14/h10-11H,2-9H2,1H3,(H,15,17). The Morgan fingerprint density at radius 2 is 2.11 bits per heavy atom. The van der Waals surface area contributed by atoms with E-state index in [1.807, 2.05) is 0 Å². The number of aromatic nitrogens is 2. The Balaban J connectivity index is 1.91. The number of hydrogen-bond donors (Lipinski definition) is 1. The molecule has 102 valence electrons. The van der Waals surface area contributed by atoms with E-state index in [4.69, 9.17) is 16.0 Å². The Bertz CT molecular complexity index is 350. The fraction of sp³-hybridized carbons (Fsp3) is 0.846. The Morgan fingerprint density at radius 1 is 1.33 bits per heavy atom. The van der Waals surface area contributed by atoms with Crippen molar-refractivity contribution in [2.75, 3.05) is 11.2 Å². The summed E-state index contributed by atoms with van der Waals surface area (Å²) in [5.74, 6) is 1.87. The minimum Gasteiger partial charge on any atom is -0.408 e. The largest absolute Gasteiger partial charge is 0.408 e. The summed E-state index contributed by atoms with van der Waals surface area (Å²) in [5.41, 5.74) is 0. The van der Waals surface area contributed by atoms with Crippen molar-refractivity contribution in [3.63, 3.8) is 0 Å². The van der Waals surface area contributed by atoms with Crippen molar-refractivity contribution in [3.05, 3.63) is 5.89 Å². The van der Waals surface area contributed by atoms with Crippen LogP contribution in [0.1, 0.15) is 51.3 Å². The molecule has 0 amide bonds. The van der Waals surface area contributed by atoms with Gasteiger partial charge < -0.3 is 9.73 Å². The summed E-state index contributed by atoms with van der Waals surface area (Å²) < 4.78 is 5.53. The van der Waals surface area contributed by atoms with Gasteiger partial charge in [-0.3, -0.25) is 0 Å². The molecule has 1 saturated carbocycles. The van der Waals surface area contributed by atoms with Gasteiger partial charge in [-0.25, -0.2) is 0 Å². The molecule has 1 aromatic heterocycles. The molecule has 18 heavy (non-hydrogen) atoms. The first kappa shape index (κ1) is 13.7. The van der Waals surface area contributed by atoms with E-state index in [2.05, 4.69) is 22.4 Å². The van der Waals surface area contributed by atoms with Gasteiger partial charge in [0.2, 0.25) is 5.89 Å². The minimum absolute atomic E-state index is 0.453. The topological polar surface area (TPSA) is 51.0 Å². The smallest absolute Gasteiger partial charge is 0.315 e. The molecule has 2 rings (SSSR count). The molecule has 0 saturated heterocycles. The van der Waals surface area contributed by atoms with Gasteiger partial charge in [0, 0.05) is 18.3 Å². The number of rotatable bonds is 6. The highest BCUT2D eigenvalue weighted by Crippen LogP contribution is 2.29. The van der Waals surface area contributed by atoms with Crippen LogP contribution in [0.25, 0.3) is 0 Å². The molecule has 1 fully saturated rings. The number of halogens is 1. The zero-order valence-electron chi connectivity index (χ0n) is 11.0. The first-order valence-corrected chi connectivity index (χ1v) is 7.51. The van der Waals surface area contributed by atoms with Crippen LogP contribution >= 0.6 is 11.6 Å². The monoisotopic (exact) mass is 271 g/mol. The average molecular weight is 272 g/mol. The van der Waals surface area contributed by atoms with Crippen LogP contribution < -0.4 is 5.32 Å². The quantitative estimate of drug-likeness (QED) is 0.803. The third-order valence-corrected chi connectivity index (χ3v) is 3.93. The third kappa shape index (κ3) is 3.61. The number of nitrogens with one attached hydrogen (secondary N) is 1. The maximum atomic E-state index is 5.65. The number of aryl methyl sites for hydroxylation is 1. The summed E-state index contributed by atoms with van der Waals surface area (Å²) in [6, 6.07) is 1.00. The highest BCUT2D eigenvalue weighted by atomic mass is 35.5. The SMILES string of the molecule is CCC(Nc1nnc(CCCl)o1)C1CCCCC1. The van der Waals surface area contributed by atoms with Crippen LogP contribution in [0, 0.1) is 5.92 Å². The molecule has 5 heteroatoms. The van der Waals surface area contributed by atoms with Crippen LogP contribution in [-0.2, 0) is 6.42 Å². The fourth-order valence-electron chi connectivity index (χ4n) is 2.74. The summed E-state index contributed by atoms with van der Waals surface area (Å²) in [6.07, 6.45) is 8.44. The highest BCUT2D eigenvalue weighted by molar-refractivity contribution is 6.17. The molecule has 4 nitrogen and oxygen atoms in total. The van der Waals surface area contributed by atoms with E-state index in [1.165, 1.54) is 32.1 Å². The Labute approximate surface area is 113 Å². The molecule has 0 aromatic carbocycles. The zero-order chi connectivity index (χ0) is 12.8. The maximum Gasteiger partial charge on any atom is 0.315 e. The molecule has 1 atom stereocenters. The second kappa shape index (κ2) is 6.98. The molecule has 1 aliphatic carbocycles. The van der Waals surface area contributed by atoms with Gasteiger partial charge in [-0.2, -0.15) is 0 Å². The van der Waals surface area contributed by atoms with Crippen LogP contribution in [-0.4, -0.2) is 22.1 Å². The van der Waals surface area contributed by atoms with E-state index >= 15 is 0 Å². The van der Waals surface area contributed by atoms with E-state index in [9.17, 15) is 0 Å². The fourth-order valence-corrected chi connectivity index (χ4v) is 2.90. The van der Waals surface area contributed by atoms with Gasteiger partial charge in [-0.1, -0.05) is 31.3 Å². The molecule has 1 aromatic rings. The molecule has 1 aliphatic rings. The van der Waals surface area contributed by atoms with Crippen molar-refractivity contribution in [1.29, 1.82) is 0 Å². The molecular formula is C13H22ClN3O. The van der Waals surface area contributed by atoms with Gasteiger partial charge in [0.05, 0.1) is 0 Å².